The average molecular weight is 292 g/mol. The third-order valence-electron chi connectivity index (χ3n) is 2.09. The Morgan fingerprint density at radius 3 is 2.69 bits per heavy atom. The molecular weight excluding hydrogens is 275 g/mol. The number of halogens is 1. The molecule has 0 aliphatic carbocycles. The van der Waals surface area contributed by atoms with E-state index in [2.05, 4.69) is 40.8 Å². The standard InChI is InChI=1S/C10H17IN2/c1-2-3-4-5-6-7-13-9-10(11)8-12-13/h8-9H,2-7H2,1H3. The first kappa shape index (κ1) is 11.0. The van der Waals surface area contributed by atoms with Gasteiger partial charge in [0.2, 0.25) is 0 Å². The van der Waals surface area contributed by atoms with E-state index < -0.39 is 0 Å². The van der Waals surface area contributed by atoms with Gasteiger partial charge in [-0.1, -0.05) is 32.6 Å². The molecule has 0 atom stereocenters. The molecule has 0 aliphatic heterocycles. The third kappa shape index (κ3) is 4.64. The molecule has 0 aromatic carbocycles. The Balaban J connectivity index is 2.06. The van der Waals surface area contributed by atoms with Crippen LogP contribution in [0.1, 0.15) is 39.0 Å². The minimum Gasteiger partial charge on any atom is -0.272 e. The number of hydrogen-bond donors (Lipinski definition) is 0. The van der Waals surface area contributed by atoms with Crippen molar-refractivity contribution in [1.82, 2.24) is 9.78 Å². The molecule has 1 heterocycles. The Kier molecular flexibility index (Phi) is 5.43. The van der Waals surface area contributed by atoms with Crippen LogP contribution in [0.15, 0.2) is 12.4 Å². The number of hydrogen-bond acceptors (Lipinski definition) is 1. The topological polar surface area (TPSA) is 17.8 Å². The van der Waals surface area contributed by atoms with E-state index in [4.69, 9.17) is 0 Å². The van der Waals surface area contributed by atoms with E-state index in [0.29, 0.717) is 0 Å². The highest BCUT2D eigenvalue weighted by atomic mass is 127. The molecule has 0 fully saturated rings. The van der Waals surface area contributed by atoms with Crippen molar-refractivity contribution in [2.75, 3.05) is 0 Å². The van der Waals surface area contributed by atoms with Crippen LogP contribution in [-0.2, 0) is 6.54 Å². The predicted octanol–water partition coefficient (Wildman–Crippen LogP) is 3.46. The first-order valence-corrected chi connectivity index (χ1v) is 6.08. The highest BCUT2D eigenvalue weighted by molar-refractivity contribution is 14.1. The maximum atomic E-state index is 4.24. The summed E-state index contributed by atoms with van der Waals surface area (Å²) in [6.07, 6.45) is 10.7. The maximum Gasteiger partial charge on any atom is 0.0623 e. The molecule has 0 saturated heterocycles. The summed E-state index contributed by atoms with van der Waals surface area (Å²) in [6.45, 7) is 3.32. The van der Waals surface area contributed by atoms with E-state index in [1.807, 2.05) is 10.9 Å². The molecule has 0 N–H and O–H groups in total. The van der Waals surface area contributed by atoms with Gasteiger partial charge in [-0.2, -0.15) is 5.10 Å². The highest BCUT2D eigenvalue weighted by Gasteiger charge is 1.94. The fourth-order valence-electron chi connectivity index (χ4n) is 1.34. The van der Waals surface area contributed by atoms with Crippen molar-refractivity contribution >= 4 is 22.6 Å². The van der Waals surface area contributed by atoms with Gasteiger partial charge in [-0.05, 0) is 29.0 Å². The smallest absolute Gasteiger partial charge is 0.0623 e. The fourth-order valence-corrected chi connectivity index (χ4v) is 1.78. The van der Waals surface area contributed by atoms with Crippen LogP contribution in [0.2, 0.25) is 0 Å². The lowest BCUT2D eigenvalue weighted by Gasteiger charge is -2.00. The summed E-state index contributed by atoms with van der Waals surface area (Å²) in [5.74, 6) is 0. The molecule has 0 bridgehead atoms. The van der Waals surface area contributed by atoms with Crippen LogP contribution >= 0.6 is 22.6 Å². The van der Waals surface area contributed by atoms with E-state index in [1.165, 1.54) is 35.7 Å². The normalized spacial score (nSPS) is 10.6. The van der Waals surface area contributed by atoms with Gasteiger partial charge in [0.05, 0.1) is 9.77 Å². The minimum absolute atomic E-state index is 1.08. The number of aromatic nitrogens is 2. The van der Waals surface area contributed by atoms with Crippen LogP contribution in [0.5, 0.6) is 0 Å². The lowest BCUT2D eigenvalue weighted by atomic mass is 10.1. The summed E-state index contributed by atoms with van der Waals surface area (Å²) in [7, 11) is 0. The molecule has 74 valence electrons. The maximum absolute atomic E-state index is 4.24. The number of rotatable bonds is 6. The quantitative estimate of drug-likeness (QED) is 0.580. The number of aryl methyl sites for hydroxylation is 1. The lowest BCUT2D eigenvalue weighted by Crippen LogP contribution is -1.97. The van der Waals surface area contributed by atoms with Crippen LogP contribution in [-0.4, -0.2) is 9.78 Å². The van der Waals surface area contributed by atoms with Crippen molar-refractivity contribution in [3.8, 4) is 0 Å². The van der Waals surface area contributed by atoms with Crippen LogP contribution in [0, 0.1) is 3.57 Å². The van der Waals surface area contributed by atoms with Crippen molar-refractivity contribution in [2.45, 2.75) is 45.6 Å². The first-order valence-electron chi connectivity index (χ1n) is 5.01. The number of unbranched alkanes of at least 4 members (excludes halogenated alkanes) is 4. The molecule has 1 aromatic heterocycles. The molecule has 0 unspecified atom stereocenters. The summed E-state index contributed by atoms with van der Waals surface area (Å²) in [5, 5.41) is 4.24. The molecule has 3 heteroatoms. The van der Waals surface area contributed by atoms with Crippen molar-refractivity contribution in [3.63, 3.8) is 0 Å². The SMILES string of the molecule is CCCCCCCn1cc(I)cn1. The van der Waals surface area contributed by atoms with Gasteiger partial charge in [0, 0.05) is 12.7 Å². The Morgan fingerprint density at radius 2 is 2.08 bits per heavy atom. The Hall–Kier alpha value is -0.0600. The van der Waals surface area contributed by atoms with Crippen LogP contribution < -0.4 is 0 Å². The lowest BCUT2D eigenvalue weighted by molar-refractivity contribution is 0.533. The zero-order valence-corrected chi connectivity index (χ0v) is 10.3. The van der Waals surface area contributed by atoms with Gasteiger partial charge in [0.25, 0.3) is 0 Å². The molecule has 0 aliphatic rings. The highest BCUT2D eigenvalue weighted by Crippen LogP contribution is 2.05. The first-order chi connectivity index (χ1) is 6.33. The molecule has 2 nitrogen and oxygen atoms in total. The molecule has 1 aromatic rings. The predicted molar refractivity (Wildman–Crippen MR) is 63.7 cm³/mol. The van der Waals surface area contributed by atoms with Gasteiger partial charge in [-0.15, -0.1) is 0 Å². The second-order valence-corrected chi connectivity index (χ2v) is 4.58. The number of nitrogens with zero attached hydrogens (tertiary/aromatic N) is 2. The van der Waals surface area contributed by atoms with Gasteiger partial charge in [-0.25, -0.2) is 0 Å². The molecule has 13 heavy (non-hydrogen) atoms. The van der Waals surface area contributed by atoms with Gasteiger partial charge < -0.3 is 0 Å². The summed E-state index contributed by atoms with van der Waals surface area (Å²) in [5.41, 5.74) is 0. The Morgan fingerprint density at radius 1 is 1.31 bits per heavy atom. The van der Waals surface area contributed by atoms with E-state index in [9.17, 15) is 0 Å². The third-order valence-corrected chi connectivity index (χ3v) is 2.65. The van der Waals surface area contributed by atoms with E-state index in [-0.39, 0.29) is 0 Å². The van der Waals surface area contributed by atoms with Crippen LogP contribution in [0.25, 0.3) is 0 Å². The van der Waals surface area contributed by atoms with E-state index >= 15 is 0 Å². The van der Waals surface area contributed by atoms with Gasteiger partial charge in [0.1, 0.15) is 0 Å². The Bertz CT molecular complexity index is 233. The monoisotopic (exact) mass is 292 g/mol. The average Bonchev–Trinajstić information content (AvgIpc) is 2.51. The summed E-state index contributed by atoms with van der Waals surface area (Å²) < 4.78 is 3.26. The van der Waals surface area contributed by atoms with E-state index in [1.54, 1.807) is 0 Å². The minimum atomic E-state index is 1.08. The van der Waals surface area contributed by atoms with Crippen molar-refractivity contribution < 1.29 is 0 Å². The van der Waals surface area contributed by atoms with Crippen molar-refractivity contribution in [3.05, 3.63) is 16.0 Å². The fraction of sp³-hybridized carbons (Fsp3) is 0.700. The second-order valence-electron chi connectivity index (χ2n) is 3.34. The molecular formula is C10H17IN2. The van der Waals surface area contributed by atoms with Crippen LogP contribution in [0.4, 0.5) is 0 Å². The zero-order chi connectivity index (χ0) is 9.52. The summed E-state index contributed by atoms with van der Waals surface area (Å²) >= 11 is 2.29. The largest absolute Gasteiger partial charge is 0.272 e. The zero-order valence-electron chi connectivity index (χ0n) is 8.17. The van der Waals surface area contributed by atoms with Gasteiger partial charge >= 0.3 is 0 Å². The molecule has 0 spiro atoms. The van der Waals surface area contributed by atoms with Gasteiger partial charge in [0.15, 0.2) is 0 Å². The molecule has 1 rings (SSSR count). The second kappa shape index (κ2) is 6.40. The molecule has 0 saturated carbocycles. The Labute approximate surface area is 93.9 Å². The molecule has 0 amide bonds. The van der Waals surface area contributed by atoms with E-state index in [0.717, 1.165) is 6.54 Å². The van der Waals surface area contributed by atoms with Crippen molar-refractivity contribution in [2.24, 2.45) is 0 Å². The summed E-state index contributed by atoms with van der Waals surface area (Å²) in [6, 6.07) is 0. The summed E-state index contributed by atoms with van der Waals surface area (Å²) in [4.78, 5) is 0. The van der Waals surface area contributed by atoms with Gasteiger partial charge in [-0.3, -0.25) is 4.68 Å². The van der Waals surface area contributed by atoms with Crippen LogP contribution in [0.3, 0.4) is 0 Å². The molecule has 0 radical (unpaired) electrons. The van der Waals surface area contributed by atoms with Crippen molar-refractivity contribution in [1.29, 1.82) is 0 Å².